The van der Waals surface area contributed by atoms with Crippen LogP contribution in [0.1, 0.15) is 18.7 Å². The number of tetrazole rings is 1. The van der Waals surface area contributed by atoms with Gasteiger partial charge in [-0.25, -0.2) is 0 Å². The van der Waals surface area contributed by atoms with E-state index in [4.69, 9.17) is 0 Å². The van der Waals surface area contributed by atoms with Crippen molar-refractivity contribution in [3.63, 3.8) is 0 Å². The van der Waals surface area contributed by atoms with Gasteiger partial charge in [0.15, 0.2) is 5.82 Å². The van der Waals surface area contributed by atoms with Gasteiger partial charge in [0, 0.05) is 0 Å². The van der Waals surface area contributed by atoms with Crippen molar-refractivity contribution in [1.29, 1.82) is 0 Å². The Morgan fingerprint density at radius 3 is 2.85 bits per heavy atom. The summed E-state index contributed by atoms with van der Waals surface area (Å²) in [7, 11) is 0. The molecule has 1 saturated heterocycles. The smallest absolute Gasteiger partial charge is 0.171 e. The van der Waals surface area contributed by atoms with Crippen LogP contribution in [-0.4, -0.2) is 33.3 Å². The van der Waals surface area contributed by atoms with Gasteiger partial charge in [-0.05, 0) is 44.0 Å². The average Bonchev–Trinajstić information content (AvgIpc) is 2.53. The van der Waals surface area contributed by atoms with E-state index in [2.05, 4.69) is 20.7 Å². The molecule has 0 aliphatic carbocycles. The van der Waals surface area contributed by atoms with Crippen LogP contribution in [0.25, 0.3) is 0 Å². The lowest BCUT2D eigenvalue weighted by molar-refractivity contribution is 0.302. The molecule has 1 aromatic heterocycles. The molecule has 13 heavy (non-hydrogen) atoms. The second-order valence-corrected chi connectivity index (χ2v) is 3.58. The first-order valence-electron chi connectivity index (χ1n) is 4.80. The molecular formula is C8H15N5. The first-order chi connectivity index (χ1) is 6.34. The lowest BCUT2D eigenvalue weighted by Crippen LogP contribution is -2.30. The molecule has 1 aliphatic rings. The molecule has 5 heteroatoms. The molecular weight excluding hydrogens is 166 g/mol. The van der Waals surface area contributed by atoms with Gasteiger partial charge < -0.3 is 5.32 Å². The molecule has 0 spiro atoms. The van der Waals surface area contributed by atoms with Gasteiger partial charge >= 0.3 is 0 Å². The van der Waals surface area contributed by atoms with Crippen LogP contribution in [-0.2, 0) is 6.54 Å². The van der Waals surface area contributed by atoms with Gasteiger partial charge in [0.1, 0.15) is 0 Å². The molecule has 0 saturated carbocycles. The number of hydrogen-bond acceptors (Lipinski definition) is 4. The van der Waals surface area contributed by atoms with E-state index in [1.807, 2.05) is 6.92 Å². The SMILES string of the molecule is Cc1nnn(CC2CCNCC2)n1. The predicted octanol–water partition coefficient (Wildman–Crippen LogP) is -0.0189. The number of aryl methyl sites for hydroxylation is 1. The number of hydrogen-bond donors (Lipinski definition) is 1. The Labute approximate surface area is 77.5 Å². The van der Waals surface area contributed by atoms with Crippen molar-refractivity contribution < 1.29 is 0 Å². The zero-order valence-corrected chi connectivity index (χ0v) is 7.90. The standard InChI is InChI=1S/C8H15N5/c1-7-10-12-13(11-7)6-8-2-4-9-5-3-8/h8-9H,2-6H2,1H3. The van der Waals surface area contributed by atoms with Crippen LogP contribution in [0, 0.1) is 12.8 Å². The van der Waals surface area contributed by atoms with Crippen LogP contribution in [0.5, 0.6) is 0 Å². The molecule has 0 aromatic carbocycles. The van der Waals surface area contributed by atoms with Crippen LogP contribution in [0.3, 0.4) is 0 Å². The van der Waals surface area contributed by atoms with E-state index >= 15 is 0 Å². The van der Waals surface area contributed by atoms with Crippen molar-refractivity contribution in [1.82, 2.24) is 25.5 Å². The molecule has 0 radical (unpaired) electrons. The minimum Gasteiger partial charge on any atom is -0.317 e. The molecule has 1 aromatic rings. The fourth-order valence-electron chi connectivity index (χ4n) is 1.70. The van der Waals surface area contributed by atoms with E-state index < -0.39 is 0 Å². The van der Waals surface area contributed by atoms with E-state index in [1.54, 1.807) is 4.80 Å². The van der Waals surface area contributed by atoms with Crippen LogP contribution in [0.15, 0.2) is 0 Å². The number of nitrogens with one attached hydrogen (secondary N) is 1. The number of nitrogens with zero attached hydrogens (tertiary/aromatic N) is 4. The van der Waals surface area contributed by atoms with Gasteiger partial charge in [-0.2, -0.15) is 4.80 Å². The summed E-state index contributed by atoms with van der Waals surface area (Å²) in [5.74, 6) is 1.48. The van der Waals surface area contributed by atoms with Crippen molar-refractivity contribution in [2.75, 3.05) is 13.1 Å². The van der Waals surface area contributed by atoms with Crippen molar-refractivity contribution in [2.24, 2.45) is 5.92 Å². The second-order valence-electron chi connectivity index (χ2n) is 3.58. The predicted molar refractivity (Wildman–Crippen MR) is 48.1 cm³/mol. The van der Waals surface area contributed by atoms with Crippen molar-refractivity contribution in [3.8, 4) is 0 Å². The molecule has 1 aliphatic heterocycles. The molecule has 1 N–H and O–H groups in total. The fraction of sp³-hybridized carbons (Fsp3) is 0.875. The highest BCUT2D eigenvalue weighted by Gasteiger charge is 2.14. The summed E-state index contributed by atoms with van der Waals surface area (Å²) in [6, 6.07) is 0. The largest absolute Gasteiger partial charge is 0.317 e. The van der Waals surface area contributed by atoms with Gasteiger partial charge in [-0.15, -0.1) is 10.2 Å². The minimum atomic E-state index is 0.717. The maximum Gasteiger partial charge on any atom is 0.171 e. The Balaban J connectivity index is 1.89. The Morgan fingerprint density at radius 2 is 2.23 bits per heavy atom. The summed E-state index contributed by atoms with van der Waals surface area (Å²) in [5, 5.41) is 15.3. The lowest BCUT2D eigenvalue weighted by Gasteiger charge is -2.21. The first-order valence-corrected chi connectivity index (χ1v) is 4.80. The normalized spacial score (nSPS) is 19.2. The van der Waals surface area contributed by atoms with Crippen molar-refractivity contribution in [3.05, 3.63) is 5.82 Å². The summed E-state index contributed by atoms with van der Waals surface area (Å²) >= 11 is 0. The fourth-order valence-corrected chi connectivity index (χ4v) is 1.70. The third-order valence-corrected chi connectivity index (χ3v) is 2.43. The average molecular weight is 181 g/mol. The van der Waals surface area contributed by atoms with Gasteiger partial charge in [-0.3, -0.25) is 0 Å². The highest BCUT2D eigenvalue weighted by Crippen LogP contribution is 2.12. The summed E-state index contributed by atoms with van der Waals surface area (Å²) in [6.07, 6.45) is 2.45. The van der Waals surface area contributed by atoms with Crippen LogP contribution in [0.2, 0.25) is 0 Å². The molecule has 72 valence electrons. The minimum absolute atomic E-state index is 0.717. The Hall–Kier alpha value is -0.970. The number of rotatable bonds is 2. The Bertz CT molecular complexity index is 263. The van der Waals surface area contributed by atoms with Gasteiger partial charge in [0.25, 0.3) is 0 Å². The Morgan fingerprint density at radius 1 is 1.46 bits per heavy atom. The van der Waals surface area contributed by atoms with E-state index in [1.165, 1.54) is 12.8 Å². The third-order valence-electron chi connectivity index (χ3n) is 2.43. The Kier molecular flexibility index (Phi) is 2.54. The molecule has 1 fully saturated rings. The summed E-state index contributed by atoms with van der Waals surface area (Å²) in [4.78, 5) is 1.71. The quantitative estimate of drug-likeness (QED) is 0.696. The van der Waals surface area contributed by atoms with Gasteiger partial charge in [0.2, 0.25) is 0 Å². The maximum absolute atomic E-state index is 4.18. The van der Waals surface area contributed by atoms with E-state index in [-0.39, 0.29) is 0 Å². The van der Waals surface area contributed by atoms with Crippen molar-refractivity contribution in [2.45, 2.75) is 26.3 Å². The molecule has 0 amide bonds. The van der Waals surface area contributed by atoms with Gasteiger partial charge in [-0.1, -0.05) is 0 Å². The van der Waals surface area contributed by atoms with Crippen LogP contribution < -0.4 is 5.32 Å². The van der Waals surface area contributed by atoms with E-state index in [0.717, 1.165) is 31.4 Å². The highest BCUT2D eigenvalue weighted by atomic mass is 15.6. The lowest BCUT2D eigenvalue weighted by atomic mass is 9.99. The van der Waals surface area contributed by atoms with Crippen LogP contribution in [0.4, 0.5) is 0 Å². The number of piperidine rings is 1. The zero-order valence-electron chi connectivity index (χ0n) is 7.90. The number of aromatic nitrogens is 4. The van der Waals surface area contributed by atoms with Crippen molar-refractivity contribution >= 4 is 0 Å². The summed E-state index contributed by atoms with van der Waals surface area (Å²) < 4.78 is 0. The van der Waals surface area contributed by atoms with E-state index in [0.29, 0.717) is 0 Å². The zero-order chi connectivity index (χ0) is 9.10. The second kappa shape index (κ2) is 3.83. The molecule has 0 unspecified atom stereocenters. The van der Waals surface area contributed by atoms with Gasteiger partial charge in [0.05, 0.1) is 6.54 Å². The summed E-state index contributed by atoms with van der Waals surface area (Å²) in [5.41, 5.74) is 0. The third kappa shape index (κ3) is 2.24. The van der Waals surface area contributed by atoms with Crippen LogP contribution >= 0.6 is 0 Å². The van der Waals surface area contributed by atoms with E-state index in [9.17, 15) is 0 Å². The first kappa shape index (κ1) is 8.62. The molecule has 0 bridgehead atoms. The molecule has 5 nitrogen and oxygen atoms in total. The summed E-state index contributed by atoms with van der Waals surface area (Å²) in [6.45, 7) is 5.03. The molecule has 2 heterocycles. The molecule has 0 atom stereocenters. The topological polar surface area (TPSA) is 55.6 Å². The molecule has 2 rings (SSSR count). The highest BCUT2D eigenvalue weighted by molar-refractivity contribution is 4.70. The maximum atomic E-state index is 4.18. The monoisotopic (exact) mass is 181 g/mol.